The lowest BCUT2D eigenvalue weighted by atomic mass is 10.1. The monoisotopic (exact) mass is 256 g/mol. The average Bonchev–Trinajstić information content (AvgIpc) is 3.08. The zero-order valence-corrected chi connectivity index (χ0v) is 9.66. The first-order valence-corrected chi connectivity index (χ1v) is 5.52. The van der Waals surface area contributed by atoms with Gasteiger partial charge in [0.1, 0.15) is 5.58 Å². The summed E-state index contributed by atoms with van der Waals surface area (Å²) in [6.07, 6.45) is 1.43. The molecular formula is C12H8N4O3. The summed E-state index contributed by atoms with van der Waals surface area (Å²) in [5, 5.41) is 13.2. The van der Waals surface area contributed by atoms with E-state index >= 15 is 0 Å². The van der Waals surface area contributed by atoms with Gasteiger partial charge in [0.15, 0.2) is 0 Å². The molecule has 0 aliphatic rings. The fraction of sp³-hybridized carbons (Fsp3) is 0.0833. The van der Waals surface area contributed by atoms with E-state index in [0.29, 0.717) is 11.1 Å². The van der Waals surface area contributed by atoms with Crippen molar-refractivity contribution in [2.75, 3.05) is 0 Å². The molecule has 0 atom stereocenters. The topological polar surface area (TPSA) is 102 Å². The maximum Gasteiger partial charge on any atom is 0.269 e. The van der Waals surface area contributed by atoms with Gasteiger partial charge < -0.3 is 4.42 Å². The second-order valence-corrected chi connectivity index (χ2v) is 3.92. The molecule has 2 heterocycles. The Kier molecular flexibility index (Phi) is 2.64. The van der Waals surface area contributed by atoms with E-state index in [1.54, 1.807) is 6.07 Å². The minimum Gasteiger partial charge on any atom is -0.464 e. The van der Waals surface area contributed by atoms with Crippen LogP contribution in [0.1, 0.15) is 16.2 Å². The average molecular weight is 256 g/mol. The lowest BCUT2D eigenvalue weighted by Gasteiger charge is -1.95. The third-order valence-electron chi connectivity index (χ3n) is 2.71. The minimum absolute atomic E-state index is 0.0512. The quantitative estimate of drug-likeness (QED) is 0.550. The molecule has 0 amide bonds. The number of benzene rings is 1. The van der Waals surface area contributed by atoms with E-state index in [0.717, 1.165) is 5.39 Å². The van der Waals surface area contributed by atoms with E-state index in [1.807, 2.05) is 18.2 Å². The number of hydrogen-bond donors (Lipinski definition) is 1. The number of H-pyrrole nitrogens is 1. The molecule has 19 heavy (non-hydrogen) atoms. The maximum atomic E-state index is 11.8. The second-order valence-electron chi connectivity index (χ2n) is 3.92. The third-order valence-corrected chi connectivity index (χ3v) is 2.71. The summed E-state index contributed by atoms with van der Waals surface area (Å²) in [5.74, 6) is -1.59. The summed E-state index contributed by atoms with van der Waals surface area (Å²) in [7, 11) is 0. The van der Waals surface area contributed by atoms with E-state index in [2.05, 4.69) is 20.6 Å². The first-order valence-electron chi connectivity index (χ1n) is 5.52. The Hall–Kier alpha value is -2.83. The SMILES string of the molecule is O=C(Cc1coc2ccccc12)C(=O)c1nn[nH]n1. The Morgan fingerprint density at radius 1 is 1.26 bits per heavy atom. The number of Topliss-reactive ketones (excluding diaryl/α,β-unsaturated/α-hetero) is 2. The summed E-state index contributed by atoms with van der Waals surface area (Å²) in [5.41, 5.74) is 1.34. The number of aromatic nitrogens is 4. The third kappa shape index (κ3) is 2.01. The number of fused-ring (bicyclic) bond motifs is 1. The highest BCUT2D eigenvalue weighted by atomic mass is 16.3. The van der Waals surface area contributed by atoms with E-state index in [9.17, 15) is 9.59 Å². The zero-order chi connectivity index (χ0) is 13.2. The smallest absolute Gasteiger partial charge is 0.269 e. The van der Waals surface area contributed by atoms with Crippen LogP contribution in [0.2, 0.25) is 0 Å². The predicted octanol–water partition coefficient (Wildman–Crippen LogP) is 0.940. The lowest BCUT2D eigenvalue weighted by Crippen LogP contribution is -2.18. The molecule has 0 aliphatic carbocycles. The molecule has 0 spiro atoms. The van der Waals surface area contributed by atoms with Crippen molar-refractivity contribution in [2.24, 2.45) is 0 Å². The van der Waals surface area contributed by atoms with Crippen LogP contribution in [0.5, 0.6) is 0 Å². The van der Waals surface area contributed by atoms with Gasteiger partial charge in [-0.25, -0.2) is 0 Å². The zero-order valence-electron chi connectivity index (χ0n) is 9.66. The fourth-order valence-electron chi connectivity index (χ4n) is 1.81. The van der Waals surface area contributed by atoms with Crippen LogP contribution in [-0.2, 0) is 11.2 Å². The van der Waals surface area contributed by atoms with Gasteiger partial charge >= 0.3 is 0 Å². The summed E-state index contributed by atoms with van der Waals surface area (Å²) in [6.45, 7) is 0. The number of nitrogens with one attached hydrogen (secondary N) is 1. The lowest BCUT2D eigenvalue weighted by molar-refractivity contribution is -0.114. The van der Waals surface area contributed by atoms with Gasteiger partial charge in [0.2, 0.25) is 11.6 Å². The Morgan fingerprint density at radius 2 is 2.11 bits per heavy atom. The number of tetrazole rings is 1. The van der Waals surface area contributed by atoms with Crippen LogP contribution in [0.4, 0.5) is 0 Å². The van der Waals surface area contributed by atoms with Crippen molar-refractivity contribution in [1.82, 2.24) is 20.6 Å². The number of rotatable bonds is 4. The molecule has 3 aromatic rings. The molecule has 3 rings (SSSR count). The fourth-order valence-corrected chi connectivity index (χ4v) is 1.81. The van der Waals surface area contributed by atoms with Gasteiger partial charge in [0.05, 0.1) is 6.26 Å². The molecule has 7 heteroatoms. The Morgan fingerprint density at radius 3 is 2.89 bits per heavy atom. The summed E-state index contributed by atoms with van der Waals surface area (Å²) >= 11 is 0. The molecule has 2 aromatic heterocycles. The molecule has 0 saturated carbocycles. The highest BCUT2D eigenvalue weighted by Crippen LogP contribution is 2.21. The van der Waals surface area contributed by atoms with Crippen molar-refractivity contribution < 1.29 is 14.0 Å². The van der Waals surface area contributed by atoms with Crippen LogP contribution >= 0.6 is 0 Å². The number of carbonyl (C=O) groups is 2. The summed E-state index contributed by atoms with van der Waals surface area (Å²) in [4.78, 5) is 23.5. The van der Waals surface area contributed by atoms with Crippen molar-refractivity contribution in [3.63, 3.8) is 0 Å². The highest BCUT2D eigenvalue weighted by Gasteiger charge is 2.22. The molecule has 1 aromatic carbocycles. The Bertz CT molecular complexity index is 745. The number of aromatic amines is 1. The minimum atomic E-state index is -0.765. The van der Waals surface area contributed by atoms with Crippen LogP contribution < -0.4 is 0 Å². The van der Waals surface area contributed by atoms with Crippen LogP contribution in [0.25, 0.3) is 11.0 Å². The first-order chi connectivity index (χ1) is 9.25. The van der Waals surface area contributed by atoms with E-state index in [1.165, 1.54) is 6.26 Å². The number of hydrogen-bond acceptors (Lipinski definition) is 6. The second kappa shape index (κ2) is 4.45. The maximum absolute atomic E-state index is 11.8. The highest BCUT2D eigenvalue weighted by molar-refractivity contribution is 6.43. The van der Waals surface area contributed by atoms with Gasteiger partial charge in [-0.3, -0.25) is 9.59 Å². The predicted molar refractivity (Wildman–Crippen MR) is 63.4 cm³/mol. The Balaban J connectivity index is 1.85. The summed E-state index contributed by atoms with van der Waals surface area (Å²) < 4.78 is 5.31. The molecular weight excluding hydrogens is 248 g/mol. The molecule has 0 fully saturated rings. The molecule has 1 N–H and O–H groups in total. The molecule has 7 nitrogen and oxygen atoms in total. The molecule has 0 saturated heterocycles. The van der Waals surface area contributed by atoms with Crippen molar-refractivity contribution in [3.8, 4) is 0 Å². The number of para-hydroxylation sites is 1. The van der Waals surface area contributed by atoms with Gasteiger partial charge in [0.25, 0.3) is 5.78 Å². The number of nitrogens with zero attached hydrogens (tertiary/aromatic N) is 3. The van der Waals surface area contributed by atoms with Gasteiger partial charge in [-0.2, -0.15) is 5.21 Å². The molecule has 0 unspecified atom stereocenters. The molecule has 0 radical (unpaired) electrons. The van der Waals surface area contributed by atoms with Crippen molar-refractivity contribution >= 4 is 22.5 Å². The number of carbonyl (C=O) groups excluding carboxylic acids is 2. The van der Waals surface area contributed by atoms with Crippen LogP contribution in [-0.4, -0.2) is 32.2 Å². The normalized spacial score (nSPS) is 10.7. The van der Waals surface area contributed by atoms with Gasteiger partial charge in [0, 0.05) is 17.4 Å². The van der Waals surface area contributed by atoms with E-state index in [4.69, 9.17) is 4.42 Å². The van der Waals surface area contributed by atoms with Gasteiger partial charge in [-0.1, -0.05) is 18.2 Å². The van der Waals surface area contributed by atoms with Crippen molar-refractivity contribution in [3.05, 3.63) is 41.9 Å². The van der Waals surface area contributed by atoms with Crippen LogP contribution in [0.3, 0.4) is 0 Å². The van der Waals surface area contributed by atoms with Crippen LogP contribution in [0.15, 0.2) is 34.9 Å². The number of ketones is 2. The molecule has 94 valence electrons. The van der Waals surface area contributed by atoms with E-state index < -0.39 is 11.6 Å². The summed E-state index contributed by atoms with van der Waals surface area (Å²) in [6, 6.07) is 7.30. The molecule has 0 bridgehead atoms. The Labute approximate surface area is 106 Å². The molecule has 0 aliphatic heterocycles. The van der Waals surface area contributed by atoms with Gasteiger partial charge in [-0.05, 0) is 11.3 Å². The van der Waals surface area contributed by atoms with E-state index in [-0.39, 0.29) is 12.2 Å². The standard InChI is InChI=1S/C12H8N4O3/c17-9(11(18)12-13-15-16-14-12)5-7-6-19-10-4-2-1-3-8(7)10/h1-4,6H,5H2,(H,13,14,15,16). The van der Waals surface area contributed by atoms with Gasteiger partial charge in [-0.15, -0.1) is 10.2 Å². The van der Waals surface area contributed by atoms with Crippen molar-refractivity contribution in [1.29, 1.82) is 0 Å². The number of furan rings is 1. The van der Waals surface area contributed by atoms with Crippen LogP contribution in [0, 0.1) is 0 Å². The largest absolute Gasteiger partial charge is 0.464 e. The first kappa shape index (κ1) is 11.3. The van der Waals surface area contributed by atoms with Crippen molar-refractivity contribution in [2.45, 2.75) is 6.42 Å².